The van der Waals surface area contributed by atoms with Gasteiger partial charge in [0, 0.05) is 17.5 Å². The van der Waals surface area contributed by atoms with Crippen LogP contribution in [-0.2, 0) is 0 Å². The van der Waals surface area contributed by atoms with Crippen LogP contribution in [0.5, 0.6) is 11.5 Å². The highest BCUT2D eigenvalue weighted by Crippen LogP contribution is 2.29. The molecule has 2 rings (SSSR count). The summed E-state index contributed by atoms with van der Waals surface area (Å²) in [4.78, 5) is 10.8. The van der Waals surface area contributed by atoms with Crippen LogP contribution in [0.25, 0.3) is 0 Å². The van der Waals surface area contributed by atoms with Gasteiger partial charge in [0.25, 0.3) is 0 Å². The predicted octanol–water partition coefficient (Wildman–Crippen LogP) is 4.14. The standard InChI is InChI=1S/C11H6BrFO3S/c12-8-2-1-6(3-9(8)13)16-7-4-10(11(14)15)17-5-7/h1-5H,(H,14,15). The highest BCUT2D eigenvalue weighted by Gasteiger charge is 2.09. The molecule has 1 aromatic carbocycles. The molecule has 88 valence electrons. The molecule has 17 heavy (non-hydrogen) atoms. The molecular weight excluding hydrogens is 311 g/mol. The lowest BCUT2D eigenvalue weighted by Crippen LogP contribution is -1.90. The molecule has 0 aliphatic carbocycles. The molecule has 0 amide bonds. The Kier molecular flexibility index (Phi) is 3.44. The fourth-order valence-electron chi connectivity index (χ4n) is 1.16. The number of ether oxygens (including phenoxy) is 1. The summed E-state index contributed by atoms with van der Waals surface area (Å²) >= 11 is 4.09. The van der Waals surface area contributed by atoms with Crippen molar-refractivity contribution < 1.29 is 19.0 Å². The summed E-state index contributed by atoms with van der Waals surface area (Å²) in [6.07, 6.45) is 0. The van der Waals surface area contributed by atoms with Gasteiger partial charge < -0.3 is 9.84 Å². The van der Waals surface area contributed by atoms with E-state index in [9.17, 15) is 9.18 Å². The third-order valence-corrected chi connectivity index (χ3v) is 3.45. The van der Waals surface area contributed by atoms with Crippen LogP contribution in [0.1, 0.15) is 9.67 Å². The Morgan fingerprint density at radius 1 is 1.35 bits per heavy atom. The van der Waals surface area contributed by atoms with Crippen LogP contribution in [0.4, 0.5) is 4.39 Å². The molecule has 1 heterocycles. The topological polar surface area (TPSA) is 46.5 Å². The number of benzene rings is 1. The van der Waals surface area contributed by atoms with Gasteiger partial charge in [0.05, 0.1) is 4.47 Å². The van der Waals surface area contributed by atoms with E-state index in [1.165, 1.54) is 18.2 Å². The molecule has 0 atom stereocenters. The Balaban J connectivity index is 2.19. The molecule has 0 fully saturated rings. The van der Waals surface area contributed by atoms with Gasteiger partial charge in [-0.3, -0.25) is 0 Å². The van der Waals surface area contributed by atoms with Gasteiger partial charge in [-0.05, 0) is 28.1 Å². The molecule has 0 saturated carbocycles. The normalized spacial score (nSPS) is 10.2. The van der Waals surface area contributed by atoms with Crippen LogP contribution >= 0.6 is 27.3 Å². The van der Waals surface area contributed by atoms with Crippen LogP contribution in [-0.4, -0.2) is 11.1 Å². The summed E-state index contributed by atoms with van der Waals surface area (Å²) in [6.45, 7) is 0. The van der Waals surface area contributed by atoms with Crippen molar-refractivity contribution in [3.8, 4) is 11.5 Å². The largest absolute Gasteiger partial charge is 0.477 e. The zero-order valence-electron chi connectivity index (χ0n) is 8.31. The predicted molar refractivity (Wildman–Crippen MR) is 65.5 cm³/mol. The quantitative estimate of drug-likeness (QED) is 0.925. The molecule has 0 radical (unpaired) electrons. The third-order valence-electron chi connectivity index (χ3n) is 1.91. The number of hydrogen-bond donors (Lipinski definition) is 1. The van der Waals surface area contributed by atoms with Crippen molar-refractivity contribution in [3.05, 3.63) is 44.8 Å². The molecule has 0 spiro atoms. The molecule has 2 aromatic rings. The van der Waals surface area contributed by atoms with E-state index >= 15 is 0 Å². The van der Waals surface area contributed by atoms with Gasteiger partial charge in [-0.1, -0.05) is 0 Å². The zero-order chi connectivity index (χ0) is 12.4. The monoisotopic (exact) mass is 316 g/mol. The maximum atomic E-state index is 13.2. The van der Waals surface area contributed by atoms with Gasteiger partial charge >= 0.3 is 5.97 Å². The first-order chi connectivity index (χ1) is 8.06. The van der Waals surface area contributed by atoms with Crippen LogP contribution < -0.4 is 4.74 Å². The first-order valence-corrected chi connectivity index (χ1v) is 6.18. The van der Waals surface area contributed by atoms with Gasteiger partial charge in [0.15, 0.2) is 0 Å². The lowest BCUT2D eigenvalue weighted by atomic mass is 10.3. The van der Waals surface area contributed by atoms with E-state index in [2.05, 4.69) is 15.9 Å². The smallest absolute Gasteiger partial charge is 0.346 e. The van der Waals surface area contributed by atoms with Crippen molar-refractivity contribution in [2.24, 2.45) is 0 Å². The molecule has 1 N–H and O–H groups in total. The Labute approximate surface area is 109 Å². The minimum Gasteiger partial charge on any atom is -0.477 e. The van der Waals surface area contributed by atoms with Crippen molar-refractivity contribution in [1.82, 2.24) is 0 Å². The van der Waals surface area contributed by atoms with Crippen molar-refractivity contribution in [2.75, 3.05) is 0 Å². The number of thiophene rings is 1. The summed E-state index contributed by atoms with van der Waals surface area (Å²) < 4.78 is 18.9. The fourth-order valence-corrected chi connectivity index (χ4v) is 2.05. The summed E-state index contributed by atoms with van der Waals surface area (Å²) in [5.41, 5.74) is 0. The van der Waals surface area contributed by atoms with E-state index in [1.54, 1.807) is 11.4 Å². The molecule has 6 heteroatoms. The van der Waals surface area contributed by atoms with E-state index in [1.807, 2.05) is 0 Å². The molecule has 0 bridgehead atoms. The van der Waals surface area contributed by atoms with Crippen molar-refractivity contribution >= 4 is 33.2 Å². The maximum absolute atomic E-state index is 13.2. The molecule has 1 aromatic heterocycles. The Bertz CT molecular complexity index is 568. The second kappa shape index (κ2) is 4.85. The SMILES string of the molecule is O=C(O)c1cc(Oc2ccc(Br)c(F)c2)cs1. The number of hydrogen-bond acceptors (Lipinski definition) is 3. The van der Waals surface area contributed by atoms with Gasteiger partial charge in [0.1, 0.15) is 22.2 Å². The molecular formula is C11H6BrFO3S. The molecule has 0 saturated heterocycles. The van der Waals surface area contributed by atoms with E-state index in [-0.39, 0.29) is 4.88 Å². The lowest BCUT2D eigenvalue weighted by Gasteiger charge is -2.03. The molecule has 0 unspecified atom stereocenters. The fraction of sp³-hybridized carbons (Fsp3) is 0. The van der Waals surface area contributed by atoms with E-state index in [4.69, 9.17) is 9.84 Å². The van der Waals surface area contributed by atoms with Gasteiger partial charge in [0.2, 0.25) is 0 Å². The highest BCUT2D eigenvalue weighted by atomic mass is 79.9. The Morgan fingerprint density at radius 3 is 2.71 bits per heavy atom. The van der Waals surface area contributed by atoms with E-state index in [0.29, 0.717) is 16.0 Å². The first kappa shape index (κ1) is 12.1. The average molecular weight is 317 g/mol. The molecule has 0 aliphatic heterocycles. The Hall–Kier alpha value is -1.40. The van der Waals surface area contributed by atoms with Gasteiger partial charge in [-0.2, -0.15) is 0 Å². The number of carboxylic acid groups (broad SMARTS) is 1. The van der Waals surface area contributed by atoms with Crippen molar-refractivity contribution in [2.45, 2.75) is 0 Å². The average Bonchev–Trinajstić information content (AvgIpc) is 2.72. The molecule has 0 aliphatic rings. The Morgan fingerprint density at radius 2 is 2.12 bits per heavy atom. The van der Waals surface area contributed by atoms with Crippen LogP contribution in [0.3, 0.4) is 0 Å². The summed E-state index contributed by atoms with van der Waals surface area (Å²) in [5, 5.41) is 10.3. The number of carboxylic acids is 1. The van der Waals surface area contributed by atoms with E-state index in [0.717, 1.165) is 11.3 Å². The van der Waals surface area contributed by atoms with Gasteiger partial charge in [-0.15, -0.1) is 11.3 Å². The first-order valence-electron chi connectivity index (χ1n) is 4.51. The second-order valence-electron chi connectivity index (χ2n) is 3.13. The number of carbonyl (C=O) groups is 1. The number of halogens is 2. The van der Waals surface area contributed by atoms with Crippen LogP contribution in [0, 0.1) is 5.82 Å². The number of rotatable bonds is 3. The molecule has 3 nitrogen and oxygen atoms in total. The van der Waals surface area contributed by atoms with Crippen LogP contribution in [0.15, 0.2) is 34.1 Å². The van der Waals surface area contributed by atoms with Crippen LogP contribution in [0.2, 0.25) is 0 Å². The third kappa shape index (κ3) is 2.83. The number of aromatic carboxylic acids is 1. The zero-order valence-corrected chi connectivity index (χ0v) is 10.7. The lowest BCUT2D eigenvalue weighted by molar-refractivity contribution is 0.0702. The minimum atomic E-state index is -1.01. The van der Waals surface area contributed by atoms with E-state index < -0.39 is 11.8 Å². The van der Waals surface area contributed by atoms with Gasteiger partial charge in [-0.25, -0.2) is 9.18 Å². The highest BCUT2D eigenvalue weighted by molar-refractivity contribution is 9.10. The van der Waals surface area contributed by atoms with Crippen molar-refractivity contribution in [3.63, 3.8) is 0 Å². The maximum Gasteiger partial charge on any atom is 0.346 e. The summed E-state index contributed by atoms with van der Waals surface area (Å²) in [5.74, 6) is -0.738. The summed E-state index contributed by atoms with van der Waals surface area (Å²) in [6, 6.07) is 5.73. The minimum absolute atomic E-state index is 0.178. The van der Waals surface area contributed by atoms with Crippen molar-refractivity contribution in [1.29, 1.82) is 0 Å². The summed E-state index contributed by atoms with van der Waals surface area (Å²) in [7, 11) is 0. The second-order valence-corrected chi connectivity index (χ2v) is 4.90.